The van der Waals surface area contributed by atoms with Crippen LogP contribution in [-0.4, -0.2) is 18.6 Å². The van der Waals surface area contributed by atoms with Gasteiger partial charge >= 0.3 is 5.97 Å². The highest BCUT2D eigenvalue weighted by molar-refractivity contribution is 5.70. The quantitative estimate of drug-likeness (QED) is 0.815. The maximum atomic E-state index is 11.4. The first-order valence-corrected chi connectivity index (χ1v) is 5.82. The lowest BCUT2D eigenvalue weighted by molar-refractivity contribution is -0.141. The highest BCUT2D eigenvalue weighted by Gasteiger charge is 2.21. The Balaban J connectivity index is 2.83. The second-order valence-corrected chi connectivity index (χ2v) is 5.14. The molecule has 1 N–H and O–H groups in total. The van der Waals surface area contributed by atoms with Gasteiger partial charge in [0, 0.05) is 11.6 Å². The standard InChI is InChI=1S/C14H21NO2/c1-14(2,3)15-12(10-13(16)17-4)11-8-6-5-7-9-11/h5-9,12,15H,10H2,1-4H3. The van der Waals surface area contributed by atoms with Gasteiger partial charge in [-0.3, -0.25) is 4.79 Å². The van der Waals surface area contributed by atoms with Crippen LogP contribution in [0, 0.1) is 0 Å². The molecule has 0 aromatic heterocycles. The number of esters is 1. The van der Waals surface area contributed by atoms with Crippen molar-refractivity contribution in [3.8, 4) is 0 Å². The molecule has 0 saturated carbocycles. The Morgan fingerprint density at radius 1 is 1.29 bits per heavy atom. The number of hydrogen-bond acceptors (Lipinski definition) is 3. The minimum Gasteiger partial charge on any atom is -0.469 e. The van der Waals surface area contributed by atoms with Gasteiger partial charge in [-0.2, -0.15) is 0 Å². The van der Waals surface area contributed by atoms with Gasteiger partial charge in [0.15, 0.2) is 0 Å². The zero-order chi connectivity index (χ0) is 12.9. The predicted octanol–water partition coefficient (Wildman–Crippen LogP) is 2.68. The average molecular weight is 235 g/mol. The Bertz CT molecular complexity index is 354. The molecule has 0 saturated heterocycles. The maximum Gasteiger partial charge on any atom is 0.307 e. The molecule has 3 nitrogen and oxygen atoms in total. The topological polar surface area (TPSA) is 38.3 Å². The maximum absolute atomic E-state index is 11.4. The van der Waals surface area contributed by atoms with Gasteiger partial charge in [0.25, 0.3) is 0 Å². The first kappa shape index (κ1) is 13.7. The molecule has 0 aliphatic heterocycles. The number of ether oxygens (including phenoxy) is 1. The van der Waals surface area contributed by atoms with E-state index in [4.69, 9.17) is 4.74 Å². The van der Waals surface area contributed by atoms with E-state index in [1.54, 1.807) is 0 Å². The van der Waals surface area contributed by atoms with Gasteiger partial charge in [-0.15, -0.1) is 0 Å². The van der Waals surface area contributed by atoms with Gasteiger partial charge in [-0.25, -0.2) is 0 Å². The summed E-state index contributed by atoms with van der Waals surface area (Å²) in [6, 6.07) is 9.95. The molecular formula is C14H21NO2. The molecule has 0 spiro atoms. The van der Waals surface area contributed by atoms with E-state index < -0.39 is 0 Å². The summed E-state index contributed by atoms with van der Waals surface area (Å²) < 4.78 is 4.74. The molecule has 17 heavy (non-hydrogen) atoms. The summed E-state index contributed by atoms with van der Waals surface area (Å²) in [4.78, 5) is 11.4. The number of benzene rings is 1. The van der Waals surface area contributed by atoms with Crippen molar-refractivity contribution >= 4 is 5.97 Å². The molecule has 1 atom stereocenters. The lowest BCUT2D eigenvalue weighted by Gasteiger charge is -2.28. The molecule has 0 aliphatic carbocycles. The fourth-order valence-corrected chi connectivity index (χ4v) is 1.71. The Morgan fingerprint density at radius 3 is 2.35 bits per heavy atom. The summed E-state index contributed by atoms with van der Waals surface area (Å²) in [6.45, 7) is 6.25. The second-order valence-electron chi connectivity index (χ2n) is 5.14. The fourth-order valence-electron chi connectivity index (χ4n) is 1.71. The Morgan fingerprint density at radius 2 is 1.88 bits per heavy atom. The zero-order valence-electron chi connectivity index (χ0n) is 11.0. The molecule has 0 aliphatic rings. The summed E-state index contributed by atoms with van der Waals surface area (Å²) in [5, 5.41) is 3.44. The van der Waals surface area contributed by atoms with Crippen molar-refractivity contribution in [2.45, 2.75) is 38.8 Å². The van der Waals surface area contributed by atoms with E-state index in [1.807, 2.05) is 30.3 Å². The smallest absolute Gasteiger partial charge is 0.307 e. The van der Waals surface area contributed by atoms with E-state index >= 15 is 0 Å². The van der Waals surface area contributed by atoms with Crippen LogP contribution in [0.15, 0.2) is 30.3 Å². The molecule has 1 aromatic carbocycles. The third-order valence-corrected chi connectivity index (χ3v) is 2.41. The number of carbonyl (C=O) groups is 1. The molecule has 0 amide bonds. The highest BCUT2D eigenvalue weighted by atomic mass is 16.5. The average Bonchev–Trinajstić information content (AvgIpc) is 2.27. The minimum absolute atomic E-state index is 0.0105. The number of rotatable bonds is 4. The van der Waals surface area contributed by atoms with Crippen LogP contribution in [0.1, 0.15) is 38.8 Å². The Labute approximate surface area is 103 Å². The monoisotopic (exact) mass is 235 g/mol. The largest absolute Gasteiger partial charge is 0.469 e. The second kappa shape index (κ2) is 5.82. The Hall–Kier alpha value is -1.35. The molecule has 0 radical (unpaired) electrons. The van der Waals surface area contributed by atoms with Gasteiger partial charge < -0.3 is 10.1 Å². The van der Waals surface area contributed by atoms with Crippen molar-refractivity contribution < 1.29 is 9.53 Å². The van der Waals surface area contributed by atoms with Crippen LogP contribution in [0.4, 0.5) is 0 Å². The Kier molecular flexibility index (Phi) is 4.70. The fraction of sp³-hybridized carbons (Fsp3) is 0.500. The van der Waals surface area contributed by atoms with E-state index in [0.29, 0.717) is 6.42 Å². The molecule has 0 fully saturated rings. The lowest BCUT2D eigenvalue weighted by Crippen LogP contribution is -2.39. The van der Waals surface area contributed by atoms with Gasteiger partial charge in [-0.1, -0.05) is 30.3 Å². The SMILES string of the molecule is COC(=O)CC(NC(C)(C)C)c1ccccc1. The van der Waals surface area contributed by atoms with E-state index in [1.165, 1.54) is 7.11 Å². The first-order valence-electron chi connectivity index (χ1n) is 5.82. The van der Waals surface area contributed by atoms with Crippen LogP contribution >= 0.6 is 0 Å². The highest BCUT2D eigenvalue weighted by Crippen LogP contribution is 2.20. The van der Waals surface area contributed by atoms with Crippen molar-refractivity contribution in [3.63, 3.8) is 0 Å². The third kappa shape index (κ3) is 5.00. The predicted molar refractivity (Wildman–Crippen MR) is 68.7 cm³/mol. The summed E-state index contributed by atoms with van der Waals surface area (Å²) >= 11 is 0. The number of nitrogens with one attached hydrogen (secondary N) is 1. The zero-order valence-corrected chi connectivity index (χ0v) is 11.0. The van der Waals surface area contributed by atoms with Gasteiger partial charge in [0.1, 0.15) is 0 Å². The summed E-state index contributed by atoms with van der Waals surface area (Å²) in [5.74, 6) is -0.199. The summed E-state index contributed by atoms with van der Waals surface area (Å²) in [7, 11) is 1.42. The summed E-state index contributed by atoms with van der Waals surface area (Å²) in [6.07, 6.45) is 0.345. The van der Waals surface area contributed by atoms with Crippen molar-refractivity contribution in [2.24, 2.45) is 0 Å². The molecule has 1 aromatic rings. The molecule has 1 rings (SSSR count). The van der Waals surface area contributed by atoms with Crippen LogP contribution in [0.2, 0.25) is 0 Å². The van der Waals surface area contributed by atoms with Crippen molar-refractivity contribution in [2.75, 3.05) is 7.11 Å². The van der Waals surface area contributed by atoms with Crippen LogP contribution in [0.3, 0.4) is 0 Å². The van der Waals surface area contributed by atoms with Gasteiger partial charge in [0.2, 0.25) is 0 Å². The molecule has 94 valence electrons. The van der Waals surface area contributed by atoms with Crippen LogP contribution in [0.5, 0.6) is 0 Å². The lowest BCUT2D eigenvalue weighted by atomic mass is 9.99. The molecule has 0 bridgehead atoms. The molecule has 0 heterocycles. The number of carbonyl (C=O) groups excluding carboxylic acids is 1. The first-order chi connectivity index (χ1) is 7.92. The van der Waals surface area contributed by atoms with E-state index in [9.17, 15) is 4.79 Å². The third-order valence-electron chi connectivity index (χ3n) is 2.41. The number of hydrogen-bond donors (Lipinski definition) is 1. The van der Waals surface area contributed by atoms with E-state index in [0.717, 1.165) is 5.56 Å². The van der Waals surface area contributed by atoms with Crippen LogP contribution in [-0.2, 0) is 9.53 Å². The minimum atomic E-state index is -0.199. The van der Waals surface area contributed by atoms with E-state index in [2.05, 4.69) is 26.1 Å². The molecule has 1 unspecified atom stereocenters. The van der Waals surface area contributed by atoms with Gasteiger partial charge in [0.05, 0.1) is 13.5 Å². The normalized spacial score (nSPS) is 13.2. The number of methoxy groups -OCH3 is 1. The van der Waals surface area contributed by atoms with Crippen molar-refractivity contribution in [3.05, 3.63) is 35.9 Å². The van der Waals surface area contributed by atoms with E-state index in [-0.39, 0.29) is 17.6 Å². The van der Waals surface area contributed by atoms with Crippen LogP contribution < -0.4 is 5.32 Å². The van der Waals surface area contributed by atoms with Crippen molar-refractivity contribution in [1.82, 2.24) is 5.32 Å². The molecule has 3 heteroatoms. The molecular weight excluding hydrogens is 214 g/mol. The van der Waals surface area contributed by atoms with Crippen LogP contribution in [0.25, 0.3) is 0 Å². The summed E-state index contributed by atoms with van der Waals surface area (Å²) in [5.41, 5.74) is 1.06. The van der Waals surface area contributed by atoms with Crippen molar-refractivity contribution in [1.29, 1.82) is 0 Å². The van der Waals surface area contributed by atoms with Gasteiger partial charge in [-0.05, 0) is 26.3 Å².